The summed E-state index contributed by atoms with van der Waals surface area (Å²) in [7, 11) is 0. The minimum atomic E-state index is -0.614. The van der Waals surface area contributed by atoms with E-state index in [2.05, 4.69) is 0 Å². The van der Waals surface area contributed by atoms with Gasteiger partial charge in [0.2, 0.25) is 0 Å². The maximum atomic E-state index is 13.7. The molecule has 5 heteroatoms. The second-order valence-corrected chi connectivity index (χ2v) is 4.74. The van der Waals surface area contributed by atoms with Gasteiger partial charge in [0.25, 0.3) is 0 Å². The summed E-state index contributed by atoms with van der Waals surface area (Å²) in [4.78, 5) is 0. The lowest BCUT2D eigenvalue weighted by atomic mass is 10.1. The first kappa shape index (κ1) is 14.3. The highest BCUT2D eigenvalue weighted by Crippen LogP contribution is 2.32. The Bertz CT molecular complexity index is 680. The van der Waals surface area contributed by atoms with Crippen LogP contribution < -0.4 is 10.5 Å². The topological polar surface area (TPSA) is 59.0 Å². The van der Waals surface area contributed by atoms with E-state index in [9.17, 15) is 4.39 Å². The van der Waals surface area contributed by atoms with Crippen molar-refractivity contribution >= 4 is 11.6 Å². The van der Waals surface area contributed by atoms with Crippen molar-refractivity contribution in [3.05, 3.63) is 58.4 Å². The third kappa shape index (κ3) is 3.08. The number of halogens is 2. The first-order valence-corrected chi connectivity index (χ1v) is 6.31. The highest BCUT2D eigenvalue weighted by atomic mass is 35.5. The molecule has 3 nitrogen and oxygen atoms in total. The van der Waals surface area contributed by atoms with Gasteiger partial charge in [-0.2, -0.15) is 5.26 Å². The molecule has 0 aliphatic carbocycles. The molecule has 0 fully saturated rings. The van der Waals surface area contributed by atoms with Gasteiger partial charge in [-0.05, 0) is 42.8 Å². The van der Waals surface area contributed by atoms with Crippen LogP contribution in [0.4, 0.5) is 4.39 Å². The van der Waals surface area contributed by atoms with Crippen molar-refractivity contribution in [1.29, 1.82) is 5.26 Å². The van der Waals surface area contributed by atoms with Gasteiger partial charge >= 0.3 is 0 Å². The summed E-state index contributed by atoms with van der Waals surface area (Å²) < 4.78 is 19.1. The van der Waals surface area contributed by atoms with E-state index in [0.29, 0.717) is 10.8 Å². The van der Waals surface area contributed by atoms with E-state index >= 15 is 0 Å². The van der Waals surface area contributed by atoms with Crippen molar-refractivity contribution < 1.29 is 9.13 Å². The predicted octanol–water partition coefficient (Wildman–Crippen LogP) is 4.16. The van der Waals surface area contributed by atoms with Crippen LogP contribution >= 0.6 is 11.6 Å². The second kappa shape index (κ2) is 5.91. The molecule has 0 aliphatic rings. The normalized spacial score (nSPS) is 11.8. The Hall–Kier alpha value is -2.09. The molecule has 2 aromatic rings. The molecule has 0 spiro atoms. The Kier molecular flexibility index (Phi) is 4.23. The molecule has 2 N–H and O–H groups in total. The standard InChI is InChI=1S/C15H12ClFN2O/c1-9(19)11-3-5-14(12(16)7-11)20-15-4-2-10(8-18)6-13(15)17/h2-7,9H,19H2,1H3/t9-/m0/s1. The minimum absolute atomic E-state index is 0.0134. The summed E-state index contributed by atoms with van der Waals surface area (Å²) in [6.07, 6.45) is 0. The average molecular weight is 291 g/mol. The van der Waals surface area contributed by atoms with Crippen molar-refractivity contribution in [2.24, 2.45) is 5.73 Å². The van der Waals surface area contributed by atoms with Crippen molar-refractivity contribution in [3.63, 3.8) is 0 Å². The SMILES string of the molecule is C[C@H](N)c1ccc(Oc2ccc(C#N)cc2F)c(Cl)c1. The van der Waals surface area contributed by atoms with Crippen LogP contribution in [0.25, 0.3) is 0 Å². The molecule has 20 heavy (non-hydrogen) atoms. The van der Waals surface area contributed by atoms with E-state index in [-0.39, 0.29) is 17.4 Å². The van der Waals surface area contributed by atoms with Gasteiger partial charge in [-0.1, -0.05) is 17.7 Å². The number of nitriles is 1. The molecule has 2 rings (SSSR count). The van der Waals surface area contributed by atoms with E-state index in [1.807, 2.05) is 13.0 Å². The Balaban J connectivity index is 2.29. The molecule has 0 bridgehead atoms. The number of nitrogens with zero attached hydrogens (tertiary/aromatic N) is 1. The van der Waals surface area contributed by atoms with Crippen LogP contribution in [0.15, 0.2) is 36.4 Å². The van der Waals surface area contributed by atoms with Crippen LogP contribution in [0, 0.1) is 17.1 Å². The second-order valence-electron chi connectivity index (χ2n) is 4.34. The molecule has 0 amide bonds. The number of nitrogens with two attached hydrogens (primary N) is 1. The lowest BCUT2D eigenvalue weighted by Gasteiger charge is -2.11. The van der Waals surface area contributed by atoms with E-state index < -0.39 is 5.82 Å². The molecular formula is C15H12ClFN2O. The maximum Gasteiger partial charge on any atom is 0.167 e. The van der Waals surface area contributed by atoms with Gasteiger partial charge in [-0.15, -0.1) is 0 Å². The highest BCUT2D eigenvalue weighted by Gasteiger charge is 2.10. The zero-order valence-electron chi connectivity index (χ0n) is 10.7. The van der Waals surface area contributed by atoms with Gasteiger partial charge in [0.15, 0.2) is 11.6 Å². The predicted molar refractivity (Wildman–Crippen MR) is 75.2 cm³/mol. The van der Waals surface area contributed by atoms with Crippen LogP contribution in [0.1, 0.15) is 24.1 Å². The molecule has 0 aromatic heterocycles. The fraction of sp³-hybridized carbons (Fsp3) is 0.133. The molecule has 0 radical (unpaired) electrons. The number of rotatable bonds is 3. The summed E-state index contributed by atoms with van der Waals surface area (Å²) >= 11 is 6.08. The molecule has 2 aromatic carbocycles. The maximum absolute atomic E-state index is 13.7. The third-order valence-electron chi connectivity index (χ3n) is 2.76. The number of ether oxygens (including phenoxy) is 1. The summed E-state index contributed by atoms with van der Waals surface area (Å²) in [5, 5.41) is 9.03. The monoisotopic (exact) mass is 290 g/mol. The van der Waals surface area contributed by atoms with E-state index in [1.54, 1.807) is 18.2 Å². The average Bonchev–Trinajstić information content (AvgIpc) is 2.42. The van der Waals surface area contributed by atoms with E-state index in [0.717, 1.165) is 11.6 Å². The van der Waals surface area contributed by atoms with Crippen molar-refractivity contribution in [2.75, 3.05) is 0 Å². The summed E-state index contributed by atoms with van der Waals surface area (Å²) in [5.41, 5.74) is 6.84. The number of hydrogen-bond donors (Lipinski definition) is 1. The Morgan fingerprint density at radius 2 is 1.95 bits per heavy atom. The van der Waals surface area contributed by atoms with Gasteiger partial charge in [0, 0.05) is 6.04 Å². The van der Waals surface area contributed by atoms with Crippen LogP contribution in [-0.4, -0.2) is 0 Å². The van der Waals surface area contributed by atoms with Gasteiger partial charge in [-0.25, -0.2) is 4.39 Å². The molecule has 0 saturated carbocycles. The van der Waals surface area contributed by atoms with Gasteiger partial charge in [0.1, 0.15) is 5.75 Å². The fourth-order valence-electron chi connectivity index (χ4n) is 1.65. The quantitative estimate of drug-likeness (QED) is 0.923. The lowest BCUT2D eigenvalue weighted by molar-refractivity contribution is 0.442. The fourth-order valence-corrected chi connectivity index (χ4v) is 1.88. The number of benzene rings is 2. The third-order valence-corrected chi connectivity index (χ3v) is 3.06. The molecule has 1 atom stereocenters. The van der Waals surface area contributed by atoms with Gasteiger partial charge in [0.05, 0.1) is 16.7 Å². The first-order valence-electron chi connectivity index (χ1n) is 5.94. The molecule has 0 unspecified atom stereocenters. The molecule has 0 saturated heterocycles. The van der Waals surface area contributed by atoms with Crippen molar-refractivity contribution in [1.82, 2.24) is 0 Å². The van der Waals surface area contributed by atoms with Gasteiger partial charge in [-0.3, -0.25) is 0 Å². The Morgan fingerprint density at radius 3 is 2.50 bits per heavy atom. The van der Waals surface area contributed by atoms with Gasteiger partial charge < -0.3 is 10.5 Å². The highest BCUT2D eigenvalue weighted by molar-refractivity contribution is 6.32. The van der Waals surface area contributed by atoms with Crippen LogP contribution in [0.3, 0.4) is 0 Å². The zero-order chi connectivity index (χ0) is 14.7. The largest absolute Gasteiger partial charge is 0.453 e. The minimum Gasteiger partial charge on any atom is -0.453 e. The van der Waals surface area contributed by atoms with Crippen LogP contribution in [0.2, 0.25) is 5.02 Å². The summed E-state index contributed by atoms with van der Waals surface area (Å²) in [6, 6.07) is 10.8. The molecule has 0 heterocycles. The zero-order valence-corrected chi connectivity index (χ0v) is 11.5. The molecule has 0 aliphatic heterocycles. The molecule has 102 valence electrons. The Morgan fingerprint density at radius 1 is 1.25 bits per heavy atom. The molecular weight excluding hydrogens is 279 g/mol. The van der Waals surface area contributed by atoms with Crippen LogP contribution in [0.5, 0.6) is 11.5 Å². The van der Waals surface area contributed by atoms with Crippen molar-refractivity contribution in [3.8, 4) is 17.6 Å². The first-order chi connectivity index (χ1) is 9.51. The van der Waals surface area contributed by atoms with E-state index in [4.69, 9.17) is 27.3 Å². The summed E-state index contributed by atoms with van der Waals surface area (Å²) in [5.74, 6) is -0.268. The summed E-state index contributed by atoms with van der Waals surface area (Å²) in [6.45, 7) is 1.84. The van der Waals surface area contributed by atoms with Crippen LogP contribution in [-0.2, 0) is 0 Å². The lowest BCUT2D eigenvalue weighted by Crippen LogP contribution is -2.04. The Labute approximate surface area is 121 Å². The van der Waals surface area contributed by atoms with Crippen molar-refractivity contribution in [2.45, 2.75) is 13.0 Å². The van der Waals surface area contributed by atoms with E-state index in [1.165, 1.54) is 12.1 Å². The smallest absolute Gasteiger partial charge is 0.167 e. The number of hydrogen-bond acceptors (Lipinski definition) is 3.